The summed E-state index contributed by atoms with van der Waals surface area (Å²) < 4.78 is 0. The molecule has 4 rings (SSSR count). The van der Waals surface area contributed by atoms with Crippen LogP contribution in [0.3, 0.4) is 0 Å². The van der Waals surface area contributed by atoms with Crippen LogP contribution in [0.15, 0.2) is 60.7 Å². The predicted molar refractivity (Wildman–Crippen MR) is 117 cm³/mol. The summed E-state index contributed by atoms with van der Waals surface area (Å²) in [5.74, 6) is 0. The van der Waals surface area contributed by atoms with E-state index < -0.39 is 0 Å². The highest BCUT2D eigenvalue weighted by Gasteiger charge is 2.21. The van der Waals surface area contributed by atoms with Crippen molar-refractivity contribution in [2.75, 3.05) is 0 Å². The van der Waals surface area contributed by atoms with Gasteiger partial charge in [0.25, 0.3) is 0 Å². The fraction of sp³-hybridized carbons (Fsp3) is 0.231. The lowest BCUT2D eigenvalue weighted by Crippen LogP contribution is -1.98. The summed E-state index contributed by atoms with van der Waals surface area (Å²) >= 11 is 6.24. The van der Waals surface area contributed by atoms with E-state index in [2.05, 4.69) is 75.4 Å². The van der Waals surface area contributed by atoms with Crippen LogP contribution in [0.25, 0.3) is 11.1 Å². The Balaban J connectivity index is 2.03. The molecule has 27 heavy (non-hydrogen) atoms. The van der Waals surface area contributed by atoms with E-state index >= 15 is 0 Å². The molecular weight excluding hydrogens is 348 g/mol. The molecule has 3 aromatic rings. The summed E-state index contributed by atoms with van der Waals surface area (Å²) in [7, 11) is 0. The van der Waals surface area contributed by atoms with Gasteiger partial charge in [-0.15, -0.1) is 0 Å². The molecular formula is C26H25Cl. The Labute approximate surface area is 167 Å². The number of halogens is 1. The van der Waals surface area contributed by atoms with Gasteiger partial charge in [0, 0.05) is 5.02 Å². The van der Waals surface area contributed by atoms with Gasteiger partial charge in [0.1, 0.15) is 0 Å². The molecule has 0 radical (unpaired) electrons. The monoisotopic (exact) mass is 372 g/mol. The fourth-order valence-corrected chi connectivity index (χ4v) is 4.43. The van der Waals surface area contributed by atoms with Crippen molar-refractivity contribution >= 4 is 22.7 Å². The van der Waals surface area contributed by atoms with Gasteiger partial charge in [-0.25, -0.2) is 0 Å². The minimum Gasteiger partial charge on any atom is -0.0843 e. The van der Waals surface area contributed by atoms with E-state index in [0.29, 0.717) is 0 Å². The van der Waals surface area contributed by atoms with Gasteiger partial charge in [0.05, 0.1) is 0 Å². The number of aryl methyl sites for hydroxylation is 4. The molecule has 0 N–H and O–H groups in total. The highest BCUT2D eigenvalue weighted by Crippen LogP contribution is 2.41. The maximum atomic E-state index is 6.24. The largest absolute Gasteiger partial charge is 0.0843 e. The van der Waals surface area contributed by atoms with Gasteiger partial charge in [-0.2, -0.15) is 0 Å². The summed E-state index contributed by atoms with van der Waals surface area (Å²) in [6, 6.07) is 22.2. The topological polar surface area (TPSA) is 0 Å². The van der Waals surface area contributed by atoms with E-state index in [0.717, 1.165) is 17.9 Å². The quantitative estimate of drug-likeness (QED) is 0.435. The van der Waals surface area contributed by atoms with Crippen LogP contribution in [0, 0.1) is 20.8 Å². The molecule has 0 fully saturated rings. The standard InChI is InChI=1S/C26H25Cl/c1-17-7-10-20(11-8-17)26-24-13-9-18(2)15-21(24)5-4-6-25(26)23-14-12-22(27)16-19(23)3/h7-16H,4-6H2,1-3H3. The molecule has 1 aliphatic rings. The van der Waals surface area contributed by atoms with Crippen molar-refractivity contribution in [3.05, 3.63) is 105 Å². The summed E-state index contributed by atoms with van der Waals surface area (Å²) in [6.45, 7) is 6.50. The lowest BCUT2D eigenvalue weighted by molar-refractivity contribution is 0.859. The van der Waals surface area contributed by atoms with Crippen LogP contribution in [0.1, 0.15) is 51.8 Å². The van der Waals surface area contributed by atoms with Crippen LogP contribution in [0.4, 0.5) is 0 Å². The zero-order valence-electron chi connectivity index (χ0n) is 16.3. The van der Waals surface area contributed by atoms with Crippen LogP contribution >= 0.6 is 11.6 Å². The van der Waals surface area contributed by atoms with Crippen molar-refractivity contribution < 1.29 is 0 Å². The first-order valence-corrected chi connectivity index (χ1v) is 10.1. The van der Waals surface area contributed by atoms with Gasteiger partial charge in [0.15, 0.2) is 0 Å². The van der Waals surface area contributed by atoms with Crippen LogP contribution < -0.4 is 0 Å². The molecule has 0 aromatic heterocycles. The first kappa shape index (κ1) is 18.1. The van der Waals surface area contributed by atoms with E-state index in [1.807, 2.05) is 6.07 Å². The highest BCUT2D eigenvalue weighted by atomic mass is 35.5. The fourth-order valence-electron chi connectivity index (χ4n) is 4.20. The lowest BCUT2D eigenvalue weighted by atomic mass is 9.86. The number of hydrogen-bond acceptors (Lipinski definition) is 0. The summed E-state index contributed by atoms with van der Waals surface area (Å²) in [5.41, 5.74) is 12.2. The second-order valence-electron chi connectivity index (χ2n) is 7.69. The molecule has 136 valence electrons. The highest BCUT2D eigenvalue weighted by molar-refractivity contribution is 6.30. The first-order chi connectivity index (χ1) is 13.0. The maximum Gasteiger partial charge on any atom is 0.0409 e. The van der Waals surface area contributed by atoms with Crippen LogP contribution in [0.2, 0.25) is 5.02 Å². The third-order valence-electron chi connectivity index (χ3n) is 5.56. The van der Waals surface area contributed by atoms with Gasteiger partial charge in [-0.3, -0.25) is 0 Å². The molecule has 0 saturated heterocycles. The van der Waals surface area contributed by atoms with Crippen molar-refractivity contribution in [3.8, 4) is 0 Å². The van der Waals surface area contributed by atoms with Gasteiger partial charge in [-0.1, -0.05) is 71.3 Å². The normalized spacial score (nSPS) is 14.1. The van der Waals surface area contributed by atoms with E-state index in [-0.39, 0.29) is 0 Å². The smallest absolute Gasteiger partial charge is 0.0409 e. The van der Waals surface area contributed by atoms with Gasteiger partial charge in [0.2, 0.25) is 0 Å². The molecule has 0 aliphatic heterocycles. The molecule has 3 aromatic carbocycles. The summed E-state index contributed by atoms with van der Waals surface area (Å²) in [6.07, 6.45) is 3.38. The molecule has 1 heteroatoms. The van der Waals surface area contributed by atoms with Crippen molar-refractivity contribution in [2.45, 2.75) is 40.0 Å². The molecule has 0 saturated carbocycles. The lowest BCUT2D eigenvalue weighted by Gasteiger charge is -2.18. The average Bonchev–Trinajstić information content (AvgIpc) is 2.81. The number of rotatable bonds is 2. The zero-order valence-corrected chi connectivity index (χ0v) is 17.0. The first-order valence-electron chi connectivity index (χ1n) is 9.69. The molecule has 1 aliphatic carbocycles. The molecule has 0 heterocycles. The minimum atomic E-state index is 0.804. The van der Waals surface area contributed by atoms with Crippen molar-refractivity contribution in [2.24, 2.45) is 0 Å². The van der Waals surface area contributed by atoms with Gasteiger partial charge in [-0.05, 0) is 91.1 Å². The molecule has 0 nitrogen and oxygen atoms in total. The van der Waals surface area contributed by atoms with E-state index in [1.54, 1.807) is 0 Å². The van der Waals surface area contributed by atoms with E-state index in [9.17, 15) is 0 Å². The van der Waals surface area contributed by atoms with Crippen LogP contribution in [0.5, 0.6) is 0 Å². The second-order valence-corrected chi connectivity index (χ2v) is 8.13. The third-order valence-corrected chi connectivity index (χ3v) is 5.79. The van der Waals surface area contributed by atoms with E-state index in [4.69, 9.17) is 11.6 Å². The summed E-state index contributed by atoms with van der Waals surface area (Å²) in [5, 5.41) is 0.804. The molecule has 0 spiro atoms. The Morgan fingerprint density at radius 1 is 0.704 bits per heavy atom. The number of hydrogen-bond donors (Lipinski definition) is 0. The third kappa shape index (κ3) is 3.59. The summed E-state index contributed by atoms with van der Waals surface area (Å²) in [4.78, 5) is 0. The van der Waals surface area contributed by atoms with Crippen molar-refractivity contribution in [1.29, 1.82) is 0 Å². The Hall–Kier alpha value is -2.31. The number of fused-ring (bicyclic) bond motifs is 1. The molecule has 0 unspecified atom stereocenters. The molecule has 0 bridgehead atoms. The van der Waals surface area contributed by atoms with Crippen molar-refractivity contribution in [3.63, 3.8) is 0 Å². The van der Waals surface area contributed by atoms with Crippen molar-refractivity contribution in [1.82, 2.24) is 0 Å². The Morgan fingerprint density at radius 2 is 1.41 bits per heavy atom. The number of benzene rings is 3. The number of allylic oxidation sites excluding steroid dienone is 1. The average molecular weight is 373 g/mol. The van der Waals surface area contributed by atoms with Crippen LogP contribution in [-0.4, -0.2) is 0 Å². The Morgan fingerprint density at radius 3 is 2.15 bits per heavy atom. The predicted octanol–water partition coefficient (Wildman–Crippen LogP) is 7.56. The van der Waals surface area contributed by atoms with Crippen LogP contribution in [-0.2, 0) is 6.42 Å². The molecule has 0 amide bonds. The second kappa shape index (κ2) is 7.37. The van der Waals surface area contributed by atoms with E-state index in [1.165, 1.54) is 56.5 Å². The Bertz CT molecular complexity index is 1020. The zero-order chi connectivity index (χ0) is 19.0. The van der Waals surface area contributed by atoms with Gasteiger partial charge >= 0.3 is 0 Å². The van der Waals surface area contributed by atoms with Gasteiger partial charge < -0.3 is 0 Å². The SMILES string of the molecule is Cc1ccc(C2=C(c3ccc(Cl)cc3C)CCCc3cc(C)ccc32)cc1. The maximum absolute atomic E-state index is 6.24. The minimum absolute atomic E-state index is 0.804. The Kier molecular flexibility index (Phi) is 4.93. The molecule has 0 atom stereocenters.